The molecular formula is C10H21N. The molecule has 1 aliphatic heterocycles. The maximum absolute atomic E-state index is 4.36. The molecule has 1 heterocycles. The fourth-order valence-electron chi connectivity index (χ4n) is 1.05. The molecule has 0 aromatic carbocycles. The van der Waals surface area contributed by atoms with Gasteiger partial charge in [-0.25, -0.2) is 0 Å². The van der Waals surface area contributed by atoms with Gasteiger partial charge in [0, 0.05) is 12.3 Å². The van der Waals surface area contributed by atoms with Gasteiger partial charge in [0.05, 0.1) is 0 Å². The minimum Gasteiger partial charge on any atom is -0.294 e. The standard InChI is InChI=1S/C8H15N.C2H6/c1-7-4-5-8(2,3)6-9-7;1-2/h6-7H,4-5H2,1-3H3;1-2H3. The fourth-order valence-corrected chi connectivity index (χ4v) is 1.05. The van der Waals surface area contributed by atoms with Crippen LogP contribution in [-0.4, -0.2) is 12.3 Å². The van der Waals surface area contributed by atoms with Gasteiger partial charge in [0.25, 0.3) is 0 Å². The lowest BCUT2D eigenvalue weighted by atomic mass is 9.85. The van der Waals surface area contributed by atoms with Gasteiger partial charge in [-0.2, -0.15) is 0 Å². The van der Waals surface area contributed by atoms with Crippen molar-refractivity contribution in [3.63, 3.8) is 0 Å². The van der Waals surface area contributed by atoms with Gasteiger partial charge in [-0.15, -0.1) is 0 Å². The lowest BCUT2D eigenvalue weighted by Crippen LogP contribution is -2.21. The molecule has 66 valence electrons. The number of nitrogens with zero attached hydrogens (tertiary/aromatic N) is 1. The predicted octanol–water partition coefficient (Wildman–Crippen LogP) is 3.29. The van der Waals surface area contributed by atoms with Crippen LogP contribution in [0.15, 0.2) is 4.99 Å². The molecule has 0 bridgehead atoms. The van der Waals surface area contributed by atoms with Gasteiger partial charge in [0.15, 0.2) is 0 Å². The average molecular weight is 155 g/mol. The van der Waals surface area contributed by atoms with Crippen LogP contribution in [0.1, 0.15) is 47.5 Å². The van der Waals surface area contributed by atoms with Crippen LogP contribution in [0.3, 0.4) is 0 Å². The van der Waals surface area contributed by atoms with Crippen LogP contribution in [-0.2, 0) is 0 Å². The first-order valence-electron chi connectivity index (χ1n) is 4.64. The van der Waals surface area contributed by atoms with Gasteiger partial charge >= 0.3 is 0 Å². The summed E-state index contributed by atoms with van der Waals surface area (Å²) in [4.78, 5) is 4.36. The van der Waals surface area contributed by atoms with Crippen LogP contribution < -0.4 is 0 Å². The van der Waals surface area contributed by atoms with Crippen LogP contribution in [0.5, 0.6) is 0 Å². The van der Waals surface area contributed by atoms with E-state index in [1.165, 1.54) is 12.8 Å². The Labute approximate surface area is 70.9 Å². The van der Waals surface area contributed by atoms with E-state index in [2.05, 4.69) is 32.0 Å². The highest BCUT2D eigenvalue weighted by Gasteiger charge is 2.19. The molecule has 0 amide bonds. The SMILES string of the molecule is CC.CC1CCC(C)(C)C=N1. The van der Waals surface area contributed by atoms with Gasteiger partial charge in [0.1, 0.15) is 0 Å². The van der Waals surface area contributed by atoms with Crippen molar-refractivity contribution in [2.75, 3.05) is 0 Å². The van der Waals surface area contributed by atoms with E-state index in [0.717, 1.165) is 0 Å². The Balaban J connectivity index is 0.000000461. The molecule has 0 saturated heterocycles. The quantitative estimate of drug-likeness (QED) is 0.509. The second kappa shape index (κ2) is 4.53. The molecule has 1 atom stereocenters. The van der Waals surface area contributed by atoms with Crippen LogP contribution in [0.2, 0.25) is 0 Å². The van der Waals surface area contributed by atoms with Crippen molar-refractivity contribution in [2.24, 2.45) is 10.4 Å². The molecule has 0 spiro atoms. The van der Waals surface area contributed by atoms with E-state index in [1.807, 2.05) is 13.8 Å². The molecule has 1 nitrogen and oxygen atoms in total. The van der Waals surface area contributed by atoms with Crippen molar-refractivity contribution in [1.29, 1.82) is 0 Å². The Morgan fingerprint density at radius 2 is 1.91 bits per heavy atom. The highest BCUT2D eigenvalue weighted by Crippen LogP contribution is 2.25. The molecule has 1 heteroatoms. The minimum atomic E-state index is 0.368. The van der Waals surface area contributed by atoms with Gasteiger partial charge in [0.2, 0.25) is 0 Å². The summed E-state index contributed by atoms with van der Waals surface area (Å²) in [5.41, 5.74) is 0.368. The maximum Gasteiger partial charge on any atom is 0.0468 e. The zero-order valence-corrected chi connectivity index (χ0v) is 8.52. The van der Waals surface area contributed by atoms with Crippen molar-refractivity contribution in [1.82, 2.24) is 0 Å². The van der Waals surface area contributed by atoms with Gasteiger partial charge < -0.3 is 0 Å². The highest BCUT2D eigenvalue weighted by molar-refractivity contribution is 5.65. The number of rotatable bonds is 0. The molecule has 0 aromatic rings. The monoisotopic (exact) mass is 155 g/mol. The topological polar surface area (TPSA) is 12.4 Å². The summed E-state index contributed by atoms with van der Waals surface area (Å²) >= 11 is 0. The summed E-state index contributed by atoms with van der Waals surface area (Å²) in [5, 5.41) is 0. The first-order valence-corrected chi connectivity index (χ1v) is 4.64. The molecule has 11 heavy (non-hydrogen) atoms. The summed E-state index contributed by atoms with van der Waals surface area (Å²) in [6, 6.07) is 0.568. The molecule has 0 fully saturated rings. The van der Waals surface area contributed by atoms with Gasteiger partial charge in [-0.1, -0.05) is 27.7 Å². The molecule has 0 aromatic heterocycles. The predicted molar refractivity (Wildman–Crippen MR) is 52.3 cm³/mol. The third-order valence-electron chi connectivity index (χ3n) is 1.88. The van der Waals surface area contributed by atoms with Crippen molar-refractivity contribution in [2.45, 2.75) is 53.5 Å². The first-order chi connectivity index (χ1) is 5.10. The number of hydrogen-bond donors (Lipinski definition) is 0. The molecule has 0 N–H and O–H groups in total. The summed E-state index contributed by atoms with van der Waals surface area (Å²) in [6.07, 6.45) is 4.64. The van der Waals surface area contributed by atoms with Crippen LogP contribution in [0, 0.1) is 5.41 Å². The molecule has 0 saturated carbocycles. The molecule has 1 unspecified atom stereocenters. The molecule has 0 radical (unpaired) electrons. The average Bonchev–Trinajstić information content (AvgIpc) is 2.00. The largest absolute Gasteiger partial charge is 0.294 e. The number of aliphatic imine (C=N–C) groups is 1. The second-order valence-corrected chi connectivity index (χ2v) is 3.65. The molecular weight excluding hydrogens is 134 g/mol. The van der Waals surface area contributed by atoms with Crippen molar-refractivity contribution >= 4 is 6.21 Å². The van der Waals surface area contributed by atoms with E-state index in [4.69, 9.17) is 0 Å². The van der Waals surface area contributed by atoms with Gasteiger partial charge in [-0.3, -0.25) is 4.99 Å². The van der Waals surface area contributed by atoms with Crippen LogP contribution in [0.4, 0.5) is 0 Å². The first kappa shape index (κ1) is 10.7. The minimum absolute atomic E-state index is 0.368. The lowest BCUT2D eigenvalue weighted by Gasteiger charge is -2.25. The van der Waals surface area contributed by atoms with E-state index in [-0.39, 0.29) is 0 Å². The normalized spacial score (nSPS) is 27.2. The highest BCUT2D eigenvalue weighted by atomic mass is 14.8. The van der Waals surface area contributed by atoms with Crippen LogP contribution >= 0.6 is 0 Å². The Morgan fingerprint density at radius 3 is 2.18 bits per heavy atom. The van der Waals surface area contributed by atoms with Gasteiger partial charge in [-0.05, 0) is 25.2 Å². The van der Waals surface area contributed by atoms with Crippen molar-refractivity contribution < 1.29 is 0 Å². The second-order valence-electron chi connectivity index (χ2n) is 3.65. The van der Waals surface area contributed by atoms with Crippen molar-refractivity contribution in [3.8, 4) is 0 Å². The molecule has 1 aliphatic rings. The summed E-state index contributed by atoms with van der Waals surface area (Å²) in [6.45, 7) is 10.6. The smallest absolute Gasteiger partial charge is 0.0468 e. The third-order valence-corrected chi connectivity index (χ3v) is 1.88. The Bertz CT molecular complexity index is 125. The third kappa shape index (κ3) is 4.18. The summed E-state index contributed by atoms with van der Waals surface area (Å²) in [7, 11) is 0. The van der Waals surface area contributed by atoms with E-state index < -0.39 is 0 Å². The lowest BCUT2D eigenvalue weighted by molar-refractivity contribution is 0.416. The van der Waals surface area contributed by atoms with E-state index in [9.17, 15) is 0 Å². The zero-order valence-electron chi connectivity index (χ0n) is 8.52. The molecule has 1 rings (SSSR count). The number of hydrogen-bond acceptors (Lipinski definition) is 1. The maximum atomic E-state index is 4.36. The summed E-state index contributed by atoms with van der Waals surface area (Å²) in [5.74, 6) is 0. The fraction of sp³-hybridized carbons (Fsp3) is 0.900. The molecule has 0 aliphatic carbocycles. The van der Waals surface area contributed by atoms with E-state index in [1.54, 1.807) is 0 Å². The zero-order chi connectivity index (χ0) is 8.91. The van der Waals surface area contributed by atoms with Crippen LogP contribution in [0.25, 0.3) is 0 Å². The Kier molecular flexibility index (Phi) is 4.39. The summed E-state index contributed by atoms with van der Waals surface area (Å²) < 4.78 is 0. The van der Waals surface area contributed by atoms with E-state index in [0.29, 0.717) is 11.5 Å². The van der Waals surface area contributed by atoms with Crippen molar-refractivity contribution in [3.05, 3.63) is 0 Å². The Hall–Kier alpha value is -0.330. The van der Waals surface area contributed by atoms with E-state index >= 15 is 0 Å². The Morgan fingerprint density at radius 1 is 1.36 bits per heavy atom.